The summed E-state index contributed by atoms with van der Waals surface area (Å²) in [6.07, 6.45) is 6.06. The number of carbonyl (C=O) groups excluding carboxylic acids is 9. The number of fused-ring (bicyclic) bond motifs is 6. The number of carbonyl (C=O) groups is 10. The van der Waals surface area contributed by atoms with Crippen molar-refractivity contribution in [2.24, 2.45) is 39.6 Å². The van der Waals surface area contributed by atoms with Crippen molar-refractivity contribution in [3.63, 3.8) is 0 Å². The van der Waals surface area contributed by atoms with Crippen LogP contribution in [0.15, 0.2) is 50.9 Å². The number of carboxylic acids is 1. The van der Waals surface area contributed by atoms with E-state index in [9.17, 15) is 66.3 Å². The number of hydrogen-bond donors (Lipinski definition) is 13. The van der Waals surface area contributed by atoms with E-state index in [4.69, 9.17) is 29.7 Å². The van der Waals surface area contributed by atoms with Crippen molar-refractivity contribution in [3.05, 3.63) is 102 Å². The van der Waals surface area contributed by atoms with Gasteiger partial charge < -0.3 is 67.5 Å². The summed E-state index contributed by atoms with van der Waals surface area (Å²) < 4.78 is 42.2. The largest absolute Gasteiger partial charge is 0.480 e. The Morgan fingerprint density at radius 2 is 1.55 bits per heavy atom. The van der Waals surface area contributed by atoms with Crippen molar-refractivity contribution in [3.8, 4) is 0 Å². The molecule has 8 bridgehead atoms. The number of benzene rings is 1. The monoisotopic (exact) mass is 1510 g/mol. The summed E-state index contributed by atoms with van der Waals surface area (Å²) in [5.74, 6) is -9.24. The Kier molecular flexibility index (Phi) is 26.5. The van der Waals surface area contributed by atoms with Gasteiger partial charge in [0.2, 0.25) is 29.6 Å². The number of nitrogen functional groups attached to an aromatic ring is 1. The van der Waals surface area contributed by atoms with Gasteiger partial charge in [-0.05, 0) is 100 Å². The fraction of sp³-hybridized carbons (Fsp3) is 0.478. The van der Waals surface area contributed by atoms with Gasteiger partial charge in [0, 0.05) is 125 Å². The van der Waals surface area contributed by atoms with E-state index >= 15 is 0 Å². The lowest BCUT2D eigenvalue weighted by Crippen LogP contribution is -2.53. The van der Waals surface area contributed by atoms with E-state index in [2.05, 4.69) is 81.0 Å². The third kappa shape index (κ3) is 19.9. The van der Waals surface area contributed by atoms with Crippen LogP contribution < -0.4 is 59.2 Å². The van der Waals surface area contributed by atoms with Gasteiger partial charge in [-0.2, -0.15) is 13.4 Å². The molecule has 33 nitrogen and oxygen atoms in total. The number of rotatable bonds is 33. The molecule has 5 aromatic rings. The predicted octanol–water partition coefficient (Wildman–Crippen LogP) is 2.53. The first-order valence-corrected chi connectivity index (χ1v) is 38.3. The Morgan fingerprint density at radius 3 is 2.26 bits per heavy atom. The minimum atomic E-state index is -4.48. The first-order valence-electron chi connectivity index (χ1n) is 34.2. The molecule has 0 radical (unpaired) electrons. The zero-order valence-electron chi connectivity index (χ0n) is 59.1. The number of anilines is 2. The van der Waals surface area contributed by atoms with Crippen molar-refractivity contribution in [1.82, 2.24) is 61.8 Å². The first-order chi connectivity index (χ1) is 49.9. The van der Waals surface area contributed by atoms with Crippen molar-refractivity contribution in [2.45, 2.75) is 131 Å². The number of nitrogens with two attached hydrogens (primary N) is 1. The van der Waals surface area contributed by atoms with Gasteiger partial charge in [0.05, 0.1) is 60.5 Å². The van der Waals surface area contributed by atoms with Crippen LogP contribution in [0.1, 0.15) is 139 Å². The number of hydrogen-bond acceptors (Lipinski definition) is 24. The number of esters is 1. The van der Waals surface area contributed by atoms with E-state index in [1.165, 1.54) is 20.2 Å². The predicted molar refractivity (Wildman–Crippen MR) is 393 cm³/mol. The Balaban J connectivity index is 0.733. The summed E-state index contributed by atoms with van der Waals surface area (Å²) in [5.41, 5.74) is 12.5. The van der Waals surface area contributed by atoms with Gasteiger partial charge >= 0.3 is 18.0 Å². The Morgan fingerprint density at radius 1 is 0.829 bits per heavy atom. The van der Waals surface area contributed by atoms with Crippen LogP contribution in [0.2, 0.25) is 0 Å². The van der Waals surface area contributed by atoms with Gasteiger partial charge in [0.25, 0.3) is 21.6 Å². The number of ether oxygens (including phenoxy) is 2. The molecule has 0 spiro atoms. The van der Waals surface area contributed by atoms with Gasteiger partial charge in [-0.3, -0.25) is 62.7 Å². The van der Waals surface area contributed by atoms with Crippen molar-refractivity contribution in [1.29, 1.82) is 0 Å². The summed E-state index contributed by atoms with van der Waals surface area (Å²) in [7, 11) is -1.14. The molecule has 4 aromatic heterocycles. The van der Waals surface area contributed by atoms with E-state index in [0.29, 0.717) is 67.9 Å². The number of allylic oxidation sites excluding steroid dienone is 1. The van der Waals surface area contributed by atoms with E-state index in [1.807, 2.05) is 32.9 Å². The number of aliphatic carboxylic acids is 1. The number of amides is 6. The molecule has 3 aliphatic heterocycles. The Bertz CT molecular complexity index is 4650. The number of aromatic nitrogens is 6. The molecule has 4 aliphatic rings. The minimum Gasteiger partial charge on any atom is -0.480 e. The summed E-state index contributed by atoms with van der Waals surface area (Å²) in [5, 5.41) is 29.6. The second kappa shape index (κ2) is 35.1. The molecule has 0 saturated heterocycles. The van der Waals surface area contributed by atoms with E-state index in [0.717, 1.165) is 51.4 Å². The number of Topliss-reactive ketones (excluding diaryl/α,β-unsaturated/α-hetero) is 2. The van der Waals surface area contributed by atoms with Crippen LogP contribution in [0.5, 0.6) is 0 Å². The lowest BCUT2D eigenvalue weighted by Gasteiger charge is -2.22. The maximum atomic E-state index is 14.6. The molecule has 105 heavy (non-hydrogen) atoms. The van der Waals surface area contributed by atoms with Crippen LogP contribution in [0.4, 0.5) is 16.4 Å². The number of carboxylic acid groups (broad SMARTS) is 1. The molecule has 0 fully saturated rings. The molecule has 1 aliphatic carbocycles. The minimum absolute atomic E-state index is 0.0114. The lowest BCUT2D eigenvalue weighted by atomic mass is 9.82. The second-order valence-electron chi connectivity index (χ2n) is 26.1. The molecule has 14 N–H and O–H groups in total. The quantitative estimate of drug-likeness (QED) is 0.00717. The molecular formula is C69H86N16O17S3. The SMILES string of the molecule is CCC[C@H]1C2Cc3[nH]c4c(c3C)C(=O)C(C(=O)OC)/C4=C3/N=C(C=c4[nH]c(c(C(C)=O)c4C)=CC(=N2)[C@@H]1C)[C@@H](C)[C@@H]3CCC(=O)NCCNC(=O)OCCSSC[C@H](NC(=O)[C@H](CC(=O)NCCS(=O)(=O)O)NC(=O)CC[C@@H](C)NC(=O)c1ccc(NCc2cnc3nc(N)[nH]c(=O)c3n2)cc1)C(=O)O. The number of H-pyrrole nitrogens is 3. The summed E-state index contributed by atoms with van der Waals surface area (Å²) in [6.45, 7) is 12.6. The fourth-order valence-corrected chi connectivity index (χ4v) is 15.6. The average Bonchev–Trinajstić information content (AvgIpc) is 1.56. The highest BCUT2D eigenvalue weighted by Gasteiger charge is 2.49. The maximum absolute atomic E-state index is 14.6. The van der Waals surface area contributed by atoms with Crippen LogP contribution in [0.25, 0.3) is 28.9 Å². The lowest BCUT2D eigenvalue weighted by molar-refractivity contribution is -0.142. The Hall–Kier alpha value is -10.1. The molecule has 36 heteroatoms. The molecule has 2 unspecified atom stereocenters. The topological polar surface area (TPSA) is 502 Å². The number of nitrogens with zero attached hydrogens (tertiary/aromatic N) is 5. The number of alkyl carbamates (subject to hydrolysis) is 1. The van der Waals surface area contributed by atoms with E-state index in [-0.39, 0.29) is 122 Å². The van der Waals surface area contributed by atoms with Crippen LogP contribution >= 0.6 is 21.6 Å². The van der Waals surface area contributed by atoms with Crippen LogP contribution in [0.3, 0.4) is 0 Å². The Labute approximate surface area is 610 Å². The molecule has 9 atom stereocenters. The van der Waals surface area contributed by atoms with Crippen molar-refractivity contribution in [2.75, 3.05) is 61.7 Å². The van der Waals surface area contributed by atoms with Crippen LogP contribution in [-0.2, 0) is 61.3 Å². The van der Waals surface area contributed by atoms with E-state index in [1.54, 1.807) is 31.2 Å². The number of methoxy groups -OCH3 is 1. The number of aromatic amines is 3. The second-order valence-corrected chi connectivity index (χ2v) is 30.3. The summed E-state index contributed by atoms with van der Waals surface area (Å²) in [6, 6.07) is 2.41. The molecule has 0 saturated carbocycles. The third-order valence-corrected chi connectivity index (χ3v) is 21.9. The zero-order chi connectivity index (χ0) is 76.1. The molecule has 7 heterocycles. The number of nitrogens with one attached hydrogen (secondary N) is 10. The molecule has 6 amide bonds. The van der Waals surface area contributed by atoms with Gasteiger partial charge in [-0.15, -0.1) is 0 Å². The average molecular weight is 1510 g/mol. The van der Waals surface area contributed by atoms with Gasteiger partial charge in [-0.1, -0.05) is 48.8 Å². The number of aliphatic imine (C=N–C) groups is 2. The number of ketones is 2. The zero-order valence-corrected chi connectivity index (χ0v) is 61.6. The maximum Gasteiger partial charge on any atom is 0.407 e. The standard InChI is InChI=1S/C69H86N16O17S3/c1-9-10-41-33(3)43-27-48-54(37(7)86)35(5)45(79-48)25-44-34(4)42(58(81-44)56-57(67(96)101-8)61(90)55-36(6)46(82-59(55)56)26-47(41)78-43)16-18-51(87)71-19-20-73-69(97)102-22-23-103-104-31-50(66(94)95)83-64(92)49(28-53(89)72-21-24-105(98,99)100)80-52(88)17-11-32(2)76-63(91)38-12-14-39(15-13-38)74-29-40-30-75-62-60(77-40)65(93)85-68(70)84-62/h12-15,25,27,30,32-34,41-42,47,49-50,57,74,79,82H,9-11,16-24,26,28-29,31H2,1-8H3,(H,71,87)(H,72,89)(H,73,97)(H,76,91)(H,80,88)(H,83,92)(H,94,95)(H,98,99,100)(H3,70,75,84,85,93)/b45-25?,48-27?,58-56-/t32-,33-,34+,41-,42+,47?,49+,50+,57?/m1/s1. The smallest absolute Gasteiger partial charge is 0.407 e. The summed E-state index contributed by atoms with van der Waals surface area (Å²) in [4.78, 5) is 178. The first kappa shape index (κ1) is 79.1. The van der Waals surface area contributed by atoms with Gasteiger partial charge in [0.1, 0.15) is 24.6 Å². The molecular weight excluding hydrogens is 1420 g/mol. The van der Waals surface area contributed by atoms with Gasteiger partial charge in [-0.25, -0.2) is 19.6 Å². The normalized spacial score (nSPS) is 19.5. The third-order valence-electron chi connectivity index (χ3n) is 18.8. The molecule has 562 valence electrons. The molecule has 9 rings (SSSR count). The van der Waals surface area contributed by atoms with E-state index < -0.39 is 112 Å². The highest BCUT2D eigenvalue weighted by atomic mass is 33.1. The van der Waals surface area contributed by atoms with Crippen molar-refractivity contribution >= 4 is 143 Å². The highest BCUT2D eigenvalue weighted by molar-refractivity contribution is 8.76. The summed E-state index contributed by atoms with van der Waals surface area (Å²) >= 11 is 0. The van der Waals surface area contributed by atoms with Crippen LogP contribution in [-0.4, -0.2) is 193 Å². The fourth-order valence-electron chi connectivity index (χ4n) is 13.3. The molecule has 1 aromatic carbocycles. The highest BCUT2D eigenvalue weighted by Crippen LogP contribution is 2.49. The van der Waals surface area contributed by atoms with Gasteiger partial charge in [0.15, 0.2) is 22.7 Å². The van der Waals surface area contributed by atoms with Crippen LogP contribution in [0, 0.1) is 43.4 Å². The van der Waals surface area contributed by atoms with Crippen molar-refractivity contribution < 1.29 is 75.5 Å².